The van der Waals surface area contributed by atoms with Gasteiger partial charge in [0, 0.05) is 6.04 Å². The number of nitriles is 1. The van der Waals surface area contributed by atoms with Crippen LogP contribution in [0, 0.1) is 18.3 Å². The lowest BCUT2D eigenvalue weighted by Gasteiger charge is -2.22. The molecule has 1 aromatic heterocycles. The van der Waals surface area contributed by atoms with E-state index in [1.165, 1.54) is 24.2 Å². The van der Waals surface area contributed by atoms with E-state index in [0.29, 0.717) is 10.7 Å². The predicted molar refractivity (Wildman–Crippen MR) is 95.4 cm³/mol. The Kier molecular flexibility index (Phi) is 7.26. The van der Waals surface area contributed by atoms with Crippen molar-refractivity contribution in [3.05, 3.63) is 22.9 Å². The first-order valence-electron chi connectivity index (χ1n) is 8.56. The normalized spacial score (nSPS) is 14.6. The summed E-state index contributed by atoms with van der Waals surface area (Å²) in [6.45, 7) is 3.68. The molecule has 0 saturated heterocycles. The Hall–Kier alpha value is -2.07. The summed E-state index contributed by atoms with van der Waals surface area (Å²) in [5.41, 5.74) is 1.06. The van der Waals surface area contributed by atoms with Crippen LogP contribution < -0.4 is 5.32 Å². The van der Waals surface area contributed by atoms with Gasteiger partial charge in [0.15, 0.2) is 0 Å². The molecule has 1 aliphatic rings. The Morgan fingerprint density at radius 1 is 1.40 bits per heavy atom. The van der Waals surface area contributed by atoms with Crippen LogP contribution in [-0.2, 0) is 9.53 Å². The van der Waals surface area contributed by atoms with Crippen LogP contribution in [0.5, 0.6) is 0 Å². The van der Waals surface area contributed by atoms with Crippen molar-refractivity contribution in [3.8, 4) is 6.07 Å². The number of amides is 1. The molecule has 1 aromatic rings. The fourth-order valence-electron chi connectivity index (χ4n) is 2.84. The van der Waals surface area contributed by atoms with Gasteiger partial charge >= 0.3 is 5.97 Å². The number of hydrogen-bond donors (Lipinski definition) is 1. The molecule has 1 heterocycles. The first-order valence-corrected chi connectivity index (χ1v) is 9.54. The van der Waals surface area contributed by atoms with Gasteiger partial charge in [0.05, 0.1) is 29.2 Å². The van der Waals surface area contributed by atoms with Crippen LogP contribution in [0.1, 0.15) is 60.6 Å². The molecule has 1 fully saturated rings. The lowest BCUT2D eigenvalue weighted by atomic mass is 9.95. The highest BCUT2D eigenvalue weighted by molar-refractivity contribution is 8.00. The minimum absolute atomic E-state index is 0.0466. The average molecular weight is 361 g/mol. The SMILES string of the molecule is CCOC(=O)c1cc(C#N)c(SCC(=O)NC2CCCCC2)nc1C. The fraction of sp³-hybridized carbons (Fsp3) is 0.556. The number of carbonyl (C=O) groups is 2. The highest BCUT2D eigenvalue weighted by Crippen LogP contribution is 2.24. The minimum Gasteiger partial charge on any atom is -0.462 e. The van der Waals surface area contributed by atoms with Gasteiger partial charge in [-0.2, -0.15) is 5.26 Å². The van der Waals surface area contributed by atoms with Crippen molar-refractivity contribution in [1.82, 2.24) is 10.3 Å². The van der Waals surface area contributed by atoms with Crippen molar-refractivity contribution >= 4 is 23.6 Å². The van der Waals surface area contributed by atoms with Crippen LogP contribution in [-0.4, -0.2) is 35.3 Å². The average Bonchev–Trinajstić information content (AvgIpc) is 2.61. The number of aryl methyl sites for hydroxylation is 1. The number of aromatic nitrogens is 1. The molecule has 0 bridgehead atoms. The van der Waals surface area contributed by atoms with Crippen LogP contribution in [0.2, 0.25) is 0 Å². The van der Waals surface area contributed by atoms with E-state index in [2.05, 4.69) is 10.3 Å². The van der Waals surface area contributed by atoms with Crippen molar-refractivity contribution < 1.29 is 14.3 Å². The van der Waals surface area contributed by atoms with Gasteiger partial charge in [-0.25, -0.2) is 9.78 Å². The summed E-state index contributed by atoms with van der Waals surface area (Å²) in [5, 5.41) is 12.8. The number of ether oxygens (including phenoxy) is 1. The van der Waals surface area contributed by atoms with Gasteiger partial charge in [0.1, 0.15) is 11.1 Å². The lowest BCUT2D eigenvalue weighted by Crippen LogP contribution is -2.37. The van der Waals surface area contributed by atoms with Crippen molar-refractivity contribution in [1.29, 1.82) is 5.26 Å². The van der Waals surface area contributed by atoms with Gasteiger partial charge in [-0.15, -0.1) is 0 Å². The molecule has 134 valence electrons. The van der Waals surface area contributed by atoms with Gasteiger partial charge in [-0.3, -0.25) is 4.79 Å². The third-order valence-electron chi connectivity index (χ3n) is 4.10. The molecule has 0 atom stereocenters. The standard InChI is InChI=1S/C18H23N3O3S/c1-3-24-18(23)15-9-13(10-19)17(20-12(15)2)25-11-16(22)21-14-7-5-4-6-8-14/h9,14H,3-8,11H2,1-2H3,(H,21,22). The van der Waals surface area contributed by atoms with Gasteiger partial charge in [-0.05, 0) is 32.8 Å². The van der Waals surface area contributed by atoms with E-state index in [-0.39, 0.29) is 35.4 Å². The zero-order chi connectivity index (χ0) is 18.2. The number of hydrogen-bond acceptors (Lipinski definition) is 6. The van der Waals surface area contributed by atoms with E-state index in [1.807, 2.05) is 6.07 Å². The van der Waals surface area contributed by atoms with E-state index in [9.17, 15) is 14.9 Å². The molecule has 6 nitrogen and oxygen atoms in total. The number of nitrogens with one attached hydrogen (secondary N) is 1. The monoisotopic (exact) mass is 361 g/mol. The molecule has 0 spiro atoms. The first-order chi connectivity index (χ1) is 12.0. The molecule has 2 rings (SSSR count). The van der Waals surface area contributed by atoms with Crippen LogP contribution in [0.4, 0.5) is 0 Å². The van der Waals surface area contributed by atoms with Crippen LogP contribution in [0.25, 0.3) is 0 Å². The molecule has 0 unspecified atom stereocenters. The molecule has 1 amide bonds. The van der Waals surface area contributed by atoms with Crippen LogP contribution in [0.15, 0.2) is 11.1 Å². The molecule has 0 aliphatic heterocycles. The number of rotatable bonds is 6. The smallest absolute Gasteiger partial charge is 0.340 e. The predicted octanol–water partition coefficient (Wildman–Crippen LogP) is 2.98. The van der Waals surface area contributed by atoms with Crippen molar-refractivity contribution in [2.75, 3.05) is 12.4 Å². The van der Waals surface area contributed by atoms with Gasteiger partial charge in [0.2, 0.25) is 5.91 Å². The van der Waals surface area contributed by atoms with Gasteiger partial charge in [-0.1, -0.05) is 31.0 Å². The fourth-order valence-corrected chi connectivity index (χ4v) is 3.65. The third-order valence-corrected chi connectivity index (χ3v) is 5.10. The first kappa shape index (κ1) is 19.3. The van der Waals surface area contributed by atoms with E-state index in [0.717, 1.165) is 25.7 Å². The second-order valence-electron chi connectivity index (χ2n) is 6.00. The Bertz CT molecular complexity index is 679. The third kappa shape index (κ3) is 5.46. The Morgan fingerprint density at radius 3 is 2.76 bits per heavy atom. The highest BCUT2D eigenvalue weighted by atomic mass is 32.2. The topological polar surface area (TPSA) is 92.1 Å². The van der Waals surface area contributed by atoms with Crippen molar-refractivity contribution in [2.45, 2.75) is 57.0 Å². The molecule has 25 heavy (non-hydrogen) atoms. The minimum atomic E-state index is -0.490. The van der Waals surface area contributed by atoms with E-state index in [4.69, 9.17) is 4.74 Å². The van der Waals surface area contributed by atoms with Crippen molar-refractivity contribution in [2.24, 2.45) is 0 Å². The zero-order valence-electron chi connectivity index (χ0n) is 14.6. The number of nitrogens with zero attached hydrogens (tertiary/aromatic N) is 2. The number of carbonyl (C=O) groups excluding carboxylic acids is 2. The maximum absolute atomic E-state index is 12.1. The summed E-state index contributed by atoms with van der Waals surface area (Å²) in [6, 6.07) is 3.79. The molecule has 1 saturated carbocycles. The number of thioether (sulfide) groups is 1. The molecule has 1 aliphatic carbocycles. The summed E-state index contributed by atoms with van der Waals surface area (Å²) in [7, 11) is 0. The summed E-state index contributed by atoms with van der Waals surface area (Å²) in [6.07, 6.45) is 5.62. The summed E-state index contributed by atoms with van der Waals surface area (Å²) >= 11 is 1.22. The van der Waals surface area contributed by atoms with E-state index < -0.39 is 5.97 Å². The Labute approximate surface area is 152 Å². The molecule has 0 radical (unpaired) electrons. The number of esters is 1. The quantitative estimate of drug-likeness (QED) is 0.618. The Balaban J connectivity index is 2.01. The van der Waals surface area contributed by atoms with Gasteiger partial charge in [0.25, 0.3) is 0 Å². The second kappa shape index (κ2) is 9.42. The summed E-state index contributed by atoms with van der Waals surface area (Å²) in [5.74, 6) is -0.332. The zero-order valence-corrected chi connectivity index (χ0v) is 15.4. The van der Waals surface area contributed by atoms with Gasteiger partial charge < -0.3 is 10.1 Å². The largest absolute Gasteiger partial charge is 0.462 e. The maximum atomic E-state index is 12.1. The van der Waals surface area contributed by atoms with Crippen molar-refractivity contribution in [3.63, 3.8) is 0 Å². The lowest BCUT2D eigenvalue weighted by molar-refractivity contribution is -0.119. The molecular weight excluding hydrogens is 338 g/mol. The second-order valence-corrected chi connectivity index (χ2v) is 6.96. The summed E-state index contributed by atoms with van der Waals surface area (Å²) in [4.78, 5) is 28.3. The maximum Gasteiger partial charge on any atom is 0.340 e. The highest BCUT2D eigenvalue weighted by Gasteiger charge is 2.19. The number of pyridine rings is 1. The summed E-state index contributed by atoms with van der Waals surface area (Å²) < 4.78 is 4.97. The van der Waals surface area contributed by atoms with Crippen LogP contribution >= 0.6 is 11.8 Å². The van der Waals surface area contributed by atoms with E-state index >= 15 is 0 Å². The Morgan fingerprint density at radius 2 is 2.12 bits per heavy atom. The molecule has 7 heteroatoms. The molecule has 1 N–H and O–H groups in total. The van der Waals surface area contributed by atoms with E-state index in [1.54, 1.807) is 13.8 Å². The molecular formula is C18H23N3O3S. The molecule has 0 aromatic carbocycles. The van der Waals surface area contributed by atoms with Crippen LogP contribution in [0.3, 0.4) is 0 Å².